The molecular formula is C25H32FN5O5. The predicted molar refractivity (Wildman–Crippen MR) is 131 cm³/mol. The van der Waals surface area contributed by atoms with E-state index in [1.54, 1.807) is 19.1 Å². The number of ether oxygens (including phenoxy) is 1. The number of hydrogen-bond donors (Lipinski definition) is 4. The van der Waals surface area contributed by atoms with Crippen molar-refractivity contribution in [2.75, 3.05) is 37.7 Å². The van der Waals surface area contributed by atoms with Gasteiger partial charge in [-0.1, -0.05) is 6.07 Å². The normalized spacial score (nSPS) is 23.1. The SMILES string of the molecule is CC1C[C@H](N2CC(Oc3cccc(N4CCCC4)c3F)=CC2=O)C(=O)N1C(=N)/C=C\NC[C@@H](O)CO. The summed E-state index contributed by atoms with van der Waals surface area (Å²) in [5.41, 5.74) is 0.481. The Morgan fingerprint density at radius 1 is 1.33 bits per heavy atom. The number of amides is 2. The summed E-state index contributed by atoms with van der Waals surface area (Å²) in [4.78, 5) is 30.5. The molecule has 3 heterocycles. The molecule has 0 bridgehead atoms. The van der Waals surface area contributed by atoms with Crippen molar-refractivity contribution in [3.63, 3.8) is 0 Å². The largest absolute Gasteiger partial charge is 0.456 e. The molecule has 1 unspecified atom stereocenters. The number of halogens is 1. The summed E-state index contributed by atoms with van der Waals surface area (Å²) in [5, 5.41) is 29.2. The molecule has 3 aliphatic heterocycles. The molecule has 2 saturated heterocycles. The average molecular weight is 502 g/mol. The first-order valence-electron chi connectivity index (χ1n) is 12.1. The molecule has 0 aromatic heterocycles. The Kier molecular flexibility index (Phi) is 7.90. The molecule has 1 aromatic rings. The third-order valence-corrected chi connectivity index (χ3v) is 6.61. The Morgan fingerprint density at radius 2 is 2.08 bits per heavy atom. The zero-order chi connectivity index (χ0) is 25.8. The van der Waals surface area contributed by atoms with Gasteiger partial charge in [-0.3, -0.25) is 19.9 Å². The van der Waals surface area contributed by atoms with Crippen molar-refractivity contribution in [3.8, 4) is 5.75 Å². The van der Waals surface area contributed by atoms with Gasteiger partial charge in [0.2, 0.25) is 0 Å². The van der Waals surface area contributed by atoms with Crippen molar-refractivity contribution in [2.24, 2.45) is 0 Å². The number of nitrogens with zero attached hydrogens (tertiary/aromatic N) is 3. The number of aliphatic hydroxyl groups is 2. The molecule has 4 rings (SSSR count). The van der Waals surface area contributed by atoms with E-state index in [1.807, 2.05) is 4.90 Å². The van der Waals surface area contributed by atoms with Crippen LogP contribution in [0.5, 0.6) is 5.75 Å². The first kappa shape index (κ1) is 25.6. The van der Waals surface area contributed by atoms with Crippen molar-refractivity contribution in [1.82, 2.24) is 15.1 Å². The fraction of sp³-hybridized carbons (Fsp3) is 0.480. The fourth-order valence-corrected chi connectivity index (χ4v) is 4.77. The summed E-state index contributed by atoms with van der Waals surface area (Å²) >= 11 is 0. The standard InChI is InChI=1S/C25H32FN5O5/c1-16-11-20(25(35)31(16)22(27)7-8-28-13-17(33)15-32)30-14-18(12-23(30)34)36-21-6-4-5-19(24(21)26)29-9-2-3-10-29/h4-8,12,16-17,20,27-28,32-33H,2-3,9-11,13-15H2,1H3/b8-7-,27-22?/t16?,17-,20+/m1/s1. The number of benzene rings is 1. The lowest BCUT2D eigenvalue weighted by molar-refractivity contribution is -0.136. The number of likely N-dealkylation sites (tertiary alicyclic amines) is 1. The van der Waals surface area contributed by atoms with Crippen LogP contribution in [0.3, 0.4) is 0 Å². The lowest BCUT2D eigenvalue weighted by Crippen LogP contribution is -2.44. The van der Waals surface area contributed by atoms with Gasteiger partial charge in [-0.25, -0.2) is 4.39 Å². The zero-order valence-electron chi connectivity index (χ0n) is 20.2. The number of rotatable bonds is 9. The van der Waals surface area contributed by atoms with Crippen LogP contribution in [-0.2, 0) is 9.59 Å². The molecule has 0 spiro atoms. The zero-order valence-corrected chi connectivity index (χ0v) is 20.2. The van der Waals surface area contributed by atoms with Crippen LogP contribution in [0.4, 0.5) is 10.1 Å². The van der Waals surface area contributed by atoms with Gasteiger partial charge in [0.05, 0.1) is 24.9 Å². The van der Waals surface area contributed by atoms with Crippen LogP contribution in [0.2, 0.25) is 0 Å². The van der Waals surface area contributed by atoms with Crippen molar-refractivity contribution in [1.29, 1.82) is 5.41 Å². The van der Waals surface area contributed by atoms with E-state index in [1.165, 1.54) is 34.2 Å². The van der Waals surface area contributed by atoms with E-state index in [0.29, 0.717) is 12.1 Å². The number of nitrogens with one attached hydrogen (secondary N) is 2. The highest BCUT2D eigenvalue weighted by Gasteiger charge is 2.45. The summed E-state index contributed by atoms with van der Waals surface area (Å²) in [5.74, 6) is -0.995. The summed E-state index contributed by atoms with van der Waals surface area (Å²) in [6, 6.07) is 3.89. The quantitative estimate of drug-likeness (QED) is 0.293. The number of carbonyl (C=O) groups is 2. The van der Waals surface area contributed by atoms with Crippen molar-refractivity contribution in [2.45, 2.75) is 44.4 Å². The molecular weight excluding hydrogens is 469 g/mol. The van der Waals surface area contributed by atoms with E-state index in [0.717, 1.165) is 25.9 Å². The van der Waals surface area contributed by atoms with Gasteiger partial charge in [0, 0.05) is 38.0 Å². The highest BCUT2D eigenvalue weighted by Crippen LogP contribution is 2.33. The Bertz CT molecular complexity index is 1070. The molecule has 3 aliphatic rings. The van der Waals surface area contributed by atoms with E-state index in [9.17, 15) is 14.7 Å². The third-order valence-electron chi connectivity index (χ3n) is 6.61. The maximum absolute atomic E-state index is 15.1. The van der Waals surface area contributed by atoms with E-state index in [4.69, 9.17) is 15.3 Å². The van der Waals surface area contributed by atoms with Crippen LogP contribution < -0.4 is 15.0 Å². The Labute approximate surface area is 209 Å². The van der Waals surface area contributed by atoms with E-state index >= 15 is 4.39 Å². The van der Waals surface area contributed by atoms with Crippen molar-refractivity contribution in [3.05, 3.63) is 48.1 Å². The summed E-state index contributed by atoms with van der Waals surface area (Å²) in [7, 11) is 0. The smallest absolute Gasteiger partial charge is 0.251 e. The van der Waals surface area contributed by atoms with Crippen LogP contribution >= 0.6 is 0 Å². The first-order chi connectivity index (χ1) is 17.3. The molecule has 0 saturated carbocycles. The lowest BCUT2D eigenvalue weighted by atomic mass is 10.1. The molecule has 0 radical (unpaired) electrons. The minimum Gasteiger partial charge on any atom is -0.456 e. The van der Waals surface area contributed by atoms with Gasteiger partial charge in [-0.05, 0) is 44.4 Å². The molecule has 0 aliphatic carbocycles. The minimum absolute atomic E-state index is 0.0347. The van der Waals surface area contributed by atoms with E-state index in [2.05, 4.69) is 5.32 Å². The number of aliphatic hydroxyl groups excluding tert-OH is 2. The number of anilines is 1. The lowest BCUT2D eigenvalue weighted by Gasteiger charge is -2.24. The molecule has 36 heavy (non-hydrogen) atoms. The molecule has 4 N–H and O–H groups in total. The highest BCUT2D eigenvalue weighted by atomic mass is 19.1. The average Bonchev–Trinajstić information content (AvgIpc) is 3.57. The first-order valence-corrected chi connectivity index (χ1v) is 12.1. The highest BCUT2D eigenvalue weighted by molar-refractivity contribution is 6.07. The predicted octanol–water partition coefficient (Wildman–Crippen LogP) is 0.954. The van der Waals surface area contributed by atoms with Gasteiger partial charge in [0.1, 0.15) is 17.6 Å². The van der Waals surface area contributed by atoms with E-state index in [-0.39, 0.29) is 49.0 Å². The second kappa shape index (κ2) is 11.1. The minimum atomic E-state index is -0.929. The second-order valence-corrected chi connectivity index (χ2v) is 9.23. The monoisotopic (exact) mass is 501 g/mol. The number of amidine groups is 1. The fourth-order valence-electron chi connectivity index (χ4n) is 4.77. The molecule has 2 amide bonds. The van der Waals surface area contributed by atoms with Gasteiger partial charge in [0.15, 0.2) is 11.6 Å². The number of carbonyl (C=O) groups excluding carboxylic acids is 2. The molecule has 194 valence electrons. The van der Waals surface area contributed by atoms with Crippen LogP contribution in [0, 0.1) is 11.2 Å². The topological polar surface area (TPSA) is 129 Å². The van der Waals surface area contributed by atoms with Crippen LogP contribution in [0.1, 0.15) is 26.2 Å². The summed E-state index contributed by atoms with van der Waals surface area (Å²) < 4.78 is 20.9. The van der Waals surface area contributed by atoms with Crippen LogP contribution in [0.15, 0.2) is 42.3 Å². The van der Waals surface area contributed by atoms with Gasteiger partial charge >= 0.3 is 0 Å². The molecule has 11 heteroatoms. The van der Waals surface area contributed by atoms with Crippen molar-refractivity contribution >= 4 is 23.3 Å². The molecule has 2 fully saturated rings. The van der Waals surface area contributed by atoms with Crippen LogP contribution in [-0.4, -0.2) is 88.6 Å². The summed E-state index contributed by atoms with van der Waals surface area (Å²) in [6.45, 7) is 3.13. The van der Waals surface area contributed by atoms with Gasteiger partial charge in [-0.15, -0.1) is 0 Å². The number of hydrogen-bond acceptors (Lipinski definition) is 8. The van der Waals surface area contributed by atoms with E-state index < -0.39 is 23.9 Å². The van der Waals surface area contributed by atoms with Crippen LogP contribution in [0.25, 0.3) is 0 Å². The molecule has 3 atom stereocenters. The molecule has 10 nitrogen and oxygen atoms in total. The van der Waals surface area contributed by atoms with Gasteiger partial charge < -0.3 is 30.1 Å². The maximum atomic E-state index is 15.1. The third kappa shape index (κ3) is 5.36. The summed E-state index contributed by atoms with van der Waals surface area (Å²) in [6.07, 6.45) is 5.54. The van der Waals surface area contributed by atoms with Gasteiger partial charge in [0.25, 0.3) is 11.8 Å². The maximum Gasteiger partial charge on any atom is 0.251 e. The Balaban J connectivity index is 1.38. The van der Waals surface area contributed by atoms with Crippen molar-refractivity contribution < 1.29 is 28.9 Å². The Morgan fingerprint density at radius 3 is 2.81 bits per heavy atom. The van der Waals surface area contributed by atoms with Gasteiger partial charge in [-0.2, -0.15) is 0 Å². The second-order valence-electron chi connectivity index (χ2n) is 9.23. The Hall–Kier alpha value is -3.44. The molecule has 1 aromatic carbocycles.